The first-order valence-electron chi connectivity index (χ1n) is 7.75. The maximum atomic E-state index is 6.24. The molecule has 1 spiro atoms. The van der Waals surface area contributed by atoms with Crippen molar-refractivity contribution in [1.82, 2.24) is 9.78 Å². The molecule has 0 radical (unpaired) electrons. The second-order valence-corrected chi connectivity index (χ2v) is 5.88. The van der Waals surface area contributed by atoms with E-state index in [0.29, 0.717) is 19.8 Å². The Morgan fingerprint density at radius 2 is 1.95 bits per heavy atom. The average Bonchev–Trinajstić information content (AvgIpc) is 3.13. The molecule has 2 aromatic rings. The highest BCUT2D eigenvalue weighted by molar-refractivity contribution is 5.59. The molecule has 3 heterocycles. The van der Waals surface area contributed by atoms with Crippen LogP contribution in [0.3, 0.4) is 0 Å². The molecule has 5 heteroatoms. The molecular formula is C17H20N2O3. The van der Waals surface area contributed by atoms with Crippen molar-refractivity contribution in [2.75, 3.05) is 19.8 Å². The first kappa shape index (κ1) is 13.9. The van der Waals surface area contributed by atoms with E-state index in [9.17, 15) is 0 Å². The lowest BCUT2D eigenvalue weighted by Crippen LogP contribution is -2.37. The van der Waals surface area contributed by atoms with Crippen molar-refractivity contribution >= 4 is 0 Å². The SMILES string of the molecule is Cn1nc(-c2ccccc2)cc1C1COC2(CCOCC2)O1. The number of ether oxygens (including phenoxy) is 3. The molecule has 0 N–H and O–H groups in total. The van der Waals surface area contributed by atoms with Crippen LogP contribution in [0.2, 0.25) is 0 Å². The van der Waals surface area contributed by atoms with Gasteiger partial charge in [0.1, 0.15) is 6.10 Å². The summed E-state index contributed by atoms with van der Waals surface area (Å²) in [6.07, 6.45) is 1.54. The molecule has 2 aliphatic heterocycles. The molecule has 2 aliphatic rings. The average molecular weight is 300 g/mol. The summed E-state index contributed by atoms with van der Waals surface area (Å²) in [4.78, 5) is 0. The molecule has 4 rings (SSSR count). The minimum absolute atomic E-state index is 0.0620. The smallest absolute Gasteiger partial charge is 0.173 e. The monoisotopic (exact) mass is 300 g/mol. The van der Waals surface area contributed by atoms with Crippen LogP contribution in [0.15, 0.2) is 36.4 Å². The van der Waals surface area contributed by atoms with Crippen LogP contribution >= 0.6 is 0 Å². The first-order chi connectivity index (χ1) is 10.8. The van der Waals surface area contributed by atoms with Gasteiger partial charge in [-0.25, -0.2) is 0 Å². The quantitative estimate of drug-likeness (QED) is 0.855. The predicted octanol–water partition coefficient (Wildman–Crippen LogP) is 2.68. The van der Waals surface area contributed by atoms with E-state index in [-0.39, 0.29) is 6.10 Å². The van der Waals surface area contributed by atoms with Crippen LogP contribution in [0.1, 0.15) is 24.6 Å². The second-order valence-electron chi connectivity index (χ2n) is 5.88. The van der Waals surface area contributed by atoms with Crippen LogP contribution in [0.4, 0.5) is 0 Å². The molecule has 0 saturated carbocycles. The highest BCUT2D eigenvalue weighted by Gasteiger charge is 2.44. The fourth-order valence-corrected chi connectivity index (χ4v) is 3.18. The Morgan fingerprint density at radius 3 is 2.73 bits per heavy atom. The van der Waals surface area contributed by atoms with Gasteiger partial charge in [0.15, 0.2) is 5.79 Å². The zero-order valence-electron chi connectivity index (χ0n) is 12.7. The summed E-state index contributed by atoms with van der Waals surface area (Å²) in [6, 6.07) is 12.3. The molecule has 1 aromatic heterocycles. The van der Waals surface area contributed by atoms with E-state index in [4.69, 9.17) is 14.2 Å². The van der Waals surface area contributed by atoms with Crippen molar-refractivity contribution in [2.45, 2.75) is 24.7 Å². The van der Waals surface area contributed by atoms with E-state index < -0.39 is 5.79 Å². The molecule has 0 aliphatic carbocycles. The number of aryl methyl sites for hydroxylation is 1. The van der Waals surface area contributed by atoms with Gasteiger partial charge in [0, 0.05) is 25.5 Å². The third-order valence-electron chi connectivity index (χ3n) is 4.42. The highest BCUT2D eigenvalue weighted by Crippen LogP contribution is 2.40. The Labute approximate surface area is 129 Å². The minimum Gasteiger partial charge on any atom is -0.381 e. The zero-order valence-corrected chi connectivity index (χ0v) is 12.7. The number of benzene rings is 1. The molecule has 1 unspecified atom stereocenters. The number of aromatic nitrogens is 2. The third-order valence-corrected chi connectivity index (χ3v) is 4.42. The van der Waals surface area contributed by atoms with E-state index >= 15 is 0 Å². The van der Waals surface area contributed by atoms with Gasteiger partial charge in [-0.15, -0.1) is 0 Å². The van der Waals surface area contributed by atoms with Gasteiger partial charge < -0.3 is 14.2 Å². The van der Waals surface area contributed by atoms with Crippen molar-refractivity contribution in [1.29, 1.82) is 0 Å². The van der Waals surface area contributed by atoms with Gasteiger partial charge in [0.05, 0.1) is 31.2 Å². The molecule has 0 bridgehead atoms. The Balaban J connectivity index is 1.57. The standard InChI is InChI=1S/C17H20N2O3/c1-19-15(11-14(18-19)13-5-3-2-4-6-13)16-12-21-17(22-16)7-9-20-10-8-17/h2-6,11,16H,7-10,12H2,1H3. The van der Waals surface area contributed by atoms with Crippen molar-refractivity contribution in [3.63, 3.8) is 0 Å². The fourth-order valence-electron chi connectivity index (χ4n) is 3.18. The number of nitrogens with zero attached hydrogens (tertiary/aromatic N) is 2. The number of hydrogen-bond donors (Lipinski definition) is 0. The Hall–Kier alpha value is -1.69. The van der Waals surface area contributed by atoms with Crippen molar-refractivity contribution < 1.29 is 14.2 Å². The van der Waals surface area contributed by atoms with Crippen molar-refractivity contribution in [3.8, 4) is 11.3 Å². The largest absolute Gasteiger partial charge is 0.381 e. The van der Waals surface area contributed by atoms with Crippen LogP contribution < -0.4 is 0 Å². The Bertz CT molecular complexity index is 647. The van der Waals surface area contributed by atoms with Gasteiger partial charge in [0.2, 0.25) is 0 Å². The van der Waals surface area contributed by atoms with Crippen molar-refractivity contribution in [3.05, 3.63) is 42.1 Å². The van der Waals surface area contributed by atoms with Crippen LogP contribution in [-0.4, -0.2) is 35.4 Å². The molecule has 2 fully saturated rings. The molecule has 5 nitrogen and oxygen atoms in total. The minimum atomic E-state index is -0.458. The number of rotatable bonds is 2. The Kier molecular flexibility index (Phi) is 3.48. The lowest BCUT2D eigenvalue weighted by Gasteiger charge is -2.31. The van der Waals surface area contributed by atoms with Crippen LogP contribution in [0.25, 0.3) is 11.3 Å². The second kappa shape index (κ2) is 5.50. The van der Waals surface area contributed by atoms with Crippen molar-refractivity contribution in [2.24, 2.45) is 7.05 Å². The molecule has 1 atom stereocenters. The van der Waals surface area contributed by atoms with Crippen LogP contribution in [-0.2, 0) is 21.3 Å². The molecule has 0 amide bonds. The van der Waals surface area contributed by atoms with Crippen LogP contribution in [0.5, 0.6) is 0 Å². The topological polar surface area (TPSA) is 45.5 Å². The van der Waals surface area contributed by atoms with Crippen LogP contribution in [0, 0.1) is 0 Å². The number of hydrogen-bond acceptors (Lipinski definition) is 4. The summed E-state index contributed by atoms with van der Waals surface area (Å²) in [5.74, 6) is -0.458. The Morgan fingerprint density at radius 1 is 1.18 bits per heavy atom. The van der Waals surface area contributed by atoms with Gasteiger partial charge in [-0.1, -0.05) is 30.3 Å². The zero-order chi connectivity index (χ0) is 15.0. The first-order valence-corrected chi connectivity index (χ1v) is 7.75. The van der Waals surface area contributed by atoms with Gasteiger partial charge in [-0.3, -0.25) is 4.68 Å². The van der Waals surface area contributed by atoms with Gasteiger partial charge in [-0.05, 0) is 6.07 Å². The predicted molar refractivity (Wildman–Crippen MR) is 81.2 cm³/mol. The normalized spacial score (nSPS) is 24.0. The molecule has 116 valence electrons. The maximum absolute atomic E-state index is 6.24. The van der Waals surface area contributed by atoms with Gasteiger partial charge in [0.25, 0.3) is 0 Å². The fraction of sp³-hybridized carbons (Fsp3) is 0.471. The third kappa shape index (κ3) is 2.45. The highest BCUT2D eigenvalue weighted by atomic mass is 16.7. The van der Waals surface area contributed by atoms with Gasteiger partial charge in [-0.2, -0.15) is 5.10 Å². The molecular weight excluding hydrogens is 280 g/mol. The van der Waals surface area contributed by atoms with E-state index in [1.807, 2.05) is 29.9 Å². The molecule has 1 aromatic carbocycles. The summed E-state index contributed by atoms with van der Waals surface area (Å²) in [7, 11) is 1.96. The summed E-state index contributed by atoms with van der Waals surface area (Å²) in [5.41, 5.74) is 3.14. The van der Waals surface area contributed by atoms with E-state index in [1.54, 1.807) is 0 Å². The van der Waals surface area contributed by atoms with E-state index in [0.717, 1.165) is 29.8 Å². The summed E-state index contributed by atoms with van der Waals surface area (Å²) < 4.78 is 19.5. The summed E-state index contributed by atoms with van der Waals surface area (Å²) in [6.45, 7) is 1.98. The molecule has 22 heavy (non-hydrogen) atoms. The summed E-state index contributed by atoms with van der Waals surface area (Å²) >= 11 is 0. The van der Waals surface area contributed by atoms with E-state index in [1.165, 1.54) is 0 Å². The molecule has 2 saturated heterocycles. The summed E-state index contributed by atoms with van der Waals surface area (Å²) in [5, 5.41) is 4.62. The lowest BCUT2D eigenvalue weighted by atomic mass is 10.1. The maximum Gasteiger partial charge on any atom is 0.173 e. The van der Waals surface area contributed by atoms with Gasteiger partial charge >= 0.3 is 0 Å². The lowest BCUT2D eigenvalue weighted by molar-refractivity contribution is -0.212. The van der Waals surface area contributed by atoms with E-state index in [2.05, 4.69) is 23.3 Å².